The van der Waals surface area contributed by atoms with E-state index in [9.17, 15) is 4.79 Å². The second kappa shape index (κ2) is 4.14. The van der Waals surface area contributed by atoms with Crippen LogP contribution in [-0.4, -0.2) is 54.1 Å². The molecule has 2 aliphatic rings. The van der Waals surface area contributed by atoms with Crippen molar-refractivity contribution in [2.24, 2.45) is 5.41 Å². The molecule has 0 aromatic carbocycles. The van der Waals surface area contributed by atoms with Crippen molar-refractivity contribution in [3.8, 4) is 0 Å². The Balaban J connectivity index is 1.81. The van der Waals surface area contributed by atoms with Gasteiger partial charge in [-0.15, -0.1) is 0 Å². The third-order valence-corrected chi connectivity index (χ3v) is 3.19. The molecule has 1 amide bonds. The summed E-state index contributed by atoms with van der Waals surface area (Å²) in [4.78, 5) is 13.4. The maximum absolute atomic E-state index is 11.7. The normalized spacial score (nSPS) is 27.1. The van der Waals surface area contributed by atoms with Crippen molar-refractivity contribution in [3.63, 3.8) is 0 Å². The minimum atomic E-state index is -0.445. The largest absolute Gasteiger partial charge is 0.444 e. The average molecular weight is 243 g/mol. The first kappa shape index (κ1) is 12.6. The zero-order valence-corrected chi connectivity index (χ0v) is 10.7. The SMILES string of the molecule is CC(C)(C)OC(=O)N1CC2(COC(CO)C2)C1. The van der Waals surface area contributed by atoms with Crippen molar-refractivity contribution in [1.82, 2.24) is 4.90 Å². The number of carbonyl (C=O) groups excluding carboxylic acids is 1. The quantitative estimate of drug-likeness (QED) is 0.746. The molecular weight excluding hydrogens is 222 g/mol. The first-order valence-electron chi connectivity index (χ1n) is 6.04. The lowest BCUT2D eigenvalue weighted by Gasteiger charge is -2.47. The highest BCUT2D eigenvalue weighted by molar-refractivity contribution is 5.69. The van der Waals surface area contributed by atoms with Gasteiger partial charge in [-0.25, -0.2) is 4.79 Å². The van der Waals surface area contributed by atoms with Gasteiger partial charge in [0.15, 0.2) is 0 Å². The monoisotopic (exact) mass is 243 g/mol. The van der Waals surface area contributed by atoms with Crippen molar-refractivity contribution in [2.45, 2.75) is 38.9 Å². The molecule has 17 heavy (non-hydrogen) atoms. The van der Waals surface area contributed by atoms with Crippen LogP contribution in [0.15, 0.2) is 0 Å². The first-order valence-corrected chi connectivity index (χ1v) is 6.04. The number of aliphatic hydroxyl groups is 1. The Labute approximate surface area is 102 Å². The Morgan fingerprint density at radius 1 is 1.53 bits per heavy atom. The number of carbonyl (C=O) groups is 1. The van der Waals surface area contributed by atoms with Gasteiger partial charge in [-0.05, 0) is 27.2 Å². The van der Waals surface area contributed by atoms with Crippen LogP contribution in [0.4, 0.5) is 4.79 Å². The van der Waals surface area contributed by atoms with Crippen LogP contribution < -0.4 is 0 Å². The highest BCUT2D eigenvalue weighted by Crippen LogP contribution is 2.41. The maximum atomic E-state index is 11.7. The molecule has 1 spiro atoms. The third kappa shape index (κ3) is 2.72. The lowest BCUT2D eigenvalue weighted by atomic mass is 9.78. The fourth-order valence-corrected chi connectivity index (χ4v) is 2.45. The molecule has 1 N–H and O–H groups in total. The standard InChI is InChI=1S/C12H21NO4/c1-11(2,3)17-10(15)13-6-12(7-13)4-9(5-14)16-8-12/h9,14H,4-8H2,1-3H3. The summed E-state index contributed by atoms with van der Waals surface area (Å²) in [7, 11) is 0. The van der Waals surface area contributed by atoms with E-state index < -0.39 is 5.60 Å². The van der Waals surface area contributed by atoms with E-state index in [2.05, 4.69) is 0 Å². The van der Waals surface area contributed by atoms with Gasteiger partial charge >= 0.3 is 6.09 Å². The van der Waals surface area contributed by atoms with Gasteiger partial charge in [-0.3, -0.25) is 0 Å². The molecule has 2 heterocycles. The van der Waals surface area contributed by atoms with Gasteiger partial charge in [0, 0.05) is 18.5 Å². The zero-order chi connectivity index (χ0) is 12.7. The number of hydrogen-bond acceptors (Lipinski definition) is 4. The predicted octanol–water partition coefficient (Wildman–Crippen LogP) is 1.00. The Morgan fingerprint density at radius 3 is 2.65 bits per heavy atom. The van der Waals surface area contributed by atoms with Gasteiger partial charge in [-0.1, -0.05) is 0 Å². The Bertz CT molecular complexity index is 304. The molecule has 0 radical (unpaired) electrons. The van der Waals surface area contributed by atoms with E-state index in [0.29, 0.717) is 19.7 Å². The summed E-state index contributed by atoms with van der Waals surface area (Å²) in [6.07, 6.45) is 0.523. The lowest BCUT2D eigenvalue weighted by molar-refractivity contribution is -0.0373. The van der Waals surface area contributed by atoms with Crippen molar-refractivity contribution >= 4 is 6.09 Å². The second-order valence-electron chi connectivity index (χ2n) is 6.16. The number of hydrogen-bond donors (Lipinski definition) is 1. The summed E-state index contributed by atoms with van der Waals surface area (Å²) in [5, 5.41) is 9.02. The summed E-state index contributed by atoms with van der Waals surface area (Å²) in [6, 6.07) is 0. The highest BCUT2D eigenvalue weighted by Gasteiger charge is 2.51. The van der Waals surface area contributed by atoms with Crippen LogP contribution in [0.5, 0.6) is 0 Å². The minimum Gasteiger partial charge on any atom is -0.444 e. The fraction of sp³-hybridized carbons (Fsp3) is 0.917. The van der Waals surface area contributed by atoms with Gasteiger partial charge in [0.2, 0.25) is 0 Å². The van der Waals surface area contributed by atoms with E-state index in [1.165, 1.54) is 0 Å². The number of aliphatic hydroxyl groups excluding tert-OH is 1. The van der Waals surface area contributed by atoms with Gasteiger partial charge in [0.05, 0.1) is 19.3 Å². The second-order valence-corrected chi connectivity index (χ2v) is 6.16. The molecular formula is C12H21NO4. The van der Waals surface area contributed by atoms with Crippen molar-refractivity contribution in [3.05, 3.63) is 0 Å². The van der Waals surface area contributed by atoms with Crippen molar-refractivity contribution in [1.29, 1.82) is 0 Å². The minimum absolute atomic E-state index is 0.0595. The molecule has 0 bridgehead atoms. The lowest BCUT2D eigenvalue weighted by Crippen LogP contribution is -2.59. The first-order chi connectivity index (χ1) is 7.84. The van der Waals surface area contributed by atoms with Crippen LogP contribution in [0.1, 0.15) is 27.2 Å². The van der Waals surface area contributed by atoms with Gasteiger partial charge < -0.3 is 19.5 Å². The number of nitrogens with zero attached hydrogens (tertiary/aromatic N) is 1. The molecule has 2 aliphatic heterocycles. The zero-order valence-electron chi connectivity index (χ0n) is 10.7. The number of ether oxygens (including phenoxy) is 2. The van der Waals surface area contributed by atoms with Crippen molar-refractivity contribution < 1.29 is 19.4 Å². The molecule has 0 aromatic rings. The number of rotatable bonds is 1. The molecule has 0 aromatic heterocycles. The van der Waals surface area contributed by atoms with E-state index in [1.54, 1.807) is 4.90 Å². The van der Waals surface area contributed by atoms with Gasteiger partial charge in [-0.2, -0.15) is 0 Å². The van der Waals surface area contributed by atoms with E-state index in [1.807, 2.05) is 20.8 Å². The highest BCUT2D eigenvalue weighted by atomic mass is 16.6. The van der Waals surface area contributed by atoms with Crippen LogP contribution in [0.3, 0.4) is 0 Å². The maximum Gasteiger partial charge on any atom is 0.410 e. The topological polar surface area (TPSA) is 59.0 Å². The summed E-state index contributed by atoms with van der Waals surface area (Å²) in [6.45, 7) is 7.64. The fourth-order valence-electron chi connectivity index (χ4n) is 2.45. The Kier molecular flexibility index (Phi) is 3.08. The van der Waals surface area contributed by atoms with Crippen LogP contribution in [0.2, 0.25) is 0 Å². The van der Waals surface area contributed by atoms with E-state index in [4.69, 9.17) is 14.6 Å². The van der Waals surface area contributed by atoms with E-state index >= 15 is 0 Å². The summed E-state index contributed by atoms with van der Waals surface area (Å²) in [5.74, 6) is 0. The molecule has 2 saturated heterocycles. The van der Waals surface area contributed by atoms with Gasteiger partial charge in [0.25, 0.3) is 0 Å². The van der Waals surface area contributed by atoms with Crippen LogP contribution >= 0.6 is 0 Å². The summed E-state index contributed by atoms with van der Waals surface area (Å²) in [5.41, 5.74) is -0.385. The number of amides is 1. The third-order valence-electron chi connectivity index (χ3n) is 3.19. The molecule has 1 atom stereocenters. The average Bonchev–Trinajstić information content (AvgIpc) is 2.56. The summed E-state index contributed by atoms with van der Waals surface area (Å²) < 4.78 is 10.8. The van der Waals surface area contributed by atoms with E-state index in [-0.39, 0.29) is 24.2 Å². The molecule has 1 unspecified atom stereocenters. The van der Waals surface area contributed by atoms with Crippen LogP contribution in [0.25, 0.3) is 0 Å². The van der Waals surface area contributed by atoms with Gasteiger partial charge in [0.1, 0.15) is 5.60 Å². The molecule has 5 nitrogen and oxygen atoms in total. The smallest absolute Gasteiger partial charge is 0.410 e. The predicted molar refractivity (Wildman–Crippen MR) is 61.7 cm³/mol. The van der Waals surface area contributed by atoms with Crippen molar-refractivity contribution in [2.75, 3.05) is 26.3 Å². The summed E-state index contributed by atoms with van der Waals surface area (Å²) >= 11 is 0. The molecule has 2 rings (SSSR count). The molecule has 2 fully saturated rings. The Hall–Kier alpha value is -0.810. The molecule has 98 valence electrons. The van der Waals surface area contributed by atoms with Crippen LogP contribution in [0, 0.1) is 5.41 Å². The molecule has 5 heteroatoms. The Morgan fingerprint density at radius 2 is 2.18 bits per heavy atom. The number of likely N-dealkylation sites (tertiary alicyclic amines) is 1. The van der Waals surface area contributed by atoms with E-state index in [0.717, 1.165) is 6.42 Å². The molecule has 0 aliphatic carbocycles. The molecule has 0 saturated carbocycles. The van der Waals surface area contributed by atoms with Crippen LogP contribution in [-0.2, 0) is 9.47 Å².